The lowest BCUT2D eigenvalue weighted by atomic mass is 9.69. The molecule has 0 N–H and O–H groups in total. The first-order valence-electron chi connectivity index (χ1n) is 4.45. The quantitative estimate of drug-likeness (QED) is 0.578. The van der Waals surface area contributed by atoms with E-state index in [1.165, 1.54) is 12.8 Å². The molecule has 2 heteroatoms. The SMILES string of the molecule is CS[C@]1(C#N)C[C@H]2C=C[C@@H]1CC2. The third-order valence-electron chi connectivity index (χ3n) is 3.18. The zero-order valence-electron chi connectivity index (χ0n) is 7.29. The van der Waals surface area contributed by atoms with E-state index in [0.29, 0.717) is 11.8 Å². The van der Waals surface area contributed by atoms with E-state index in [0.717, 1.165) is 6.42 Å². The summed E-state index contributed by atoms with van der Waals surface area (Å²) in [6.45, 7) is 0. The maximum Gasteiger partial charge on any atom is 0.109 e. The van der Waals surface area contributed by atoms with Gasteiger partial charge in [0.05, 0.1) is 6.07 Å². The van der Waals surface area contributed by atoms with E-state index >= 15 is 0 Å². The van der Waals surface area contributed by atoms with E-state index < -0.39 is 0 Å². The van der Waals surface area contributed by atoms with Crippen LogP contribution in [0.2, 0.25) is 0 Å². The predicted molar refractivity (Wildman–Crippen MR) is 51.8 cm³/mol. The second kappa shape index (κ2) is 2.81. The van der Waals surface area contributed by atoms with Crippen LogP contribution in [-0.2, 0) is 0 Å². The molecule has 0 aromatic rings. The van der Waals surface area contributed by atoms with E-state index in [2.05, 4.69) is 24.5 Å². The Bertz CT molecular complexity index is 253. The molecule has 64 valence electrons. The van der Waals surface area contributed by atoms with Crippen molar-refractivity contribution < 1.29 is 0 Å². The number of hydrogen-bond acceptors (Lipinski definition) is 2. The predicted octanol–water partition coefficient (Wildman–Crippen LogP) is 2.60. The Morgan fingerprint density at radius 1 is 1.50 bits per heavy atom. The van der Waals surface area contributed by atoms with Gasteiger partial charge >= 0.3 is 0 Å². The van der Waals surface area contributed by atoms with Crippen molar-refractivity contribution in [1.82, 2.24) is 0 Å². The summed E-state index contributed by atoms with van der Waals surface area (Å²) in [7, 11) is 0. The molecule has 0 spiro atoms. The number of nitriles is 1. The van der Waals surface area contributed by atoms with Gasteiger partial charge in [-0.25, -0.2) is 0 Å². The Balaban J connectivity index is 2.31. The number of allylic oxidation sites excluding steroid dienone is 2. The Hall–Kier alpha value is -0.420. The fourth-order valence-electron chi connectivity index (χ4n) is 2.39. The summed E-state index contributed by atoms with van der Waals surface area (Å²) >= 11 is 1.74. The summed E-state index contributed by atoms with van der Waals surface area (Å²) in [5.41, 5.74) is 0. The molecule has 0 radical (unpaired) electrons. The summed E-state index contributed by atoms with van der Waals surface area (Å²) < 4.78 is -0.0856. The topological polar surface area (TPSA) is 23.8 Å². The number of thioether (sulfide) groups is 1. The Morgan fingerprint density at radius 3 is 2.58 bits per heavy atom. The van der Waals surface area contributed by atoms with Gasteiger partial charge in [-0.3, -0.25) is 0 Å². The maximum absolute atomic E-state index is 9.16. The normalized spacial score (nSPS) is 44.3. The third kappa shape index (κ3) is 0.998. The highest BCUT2D eigenvalue weighted by Gasteiger charge is 2.44. The molecule has 3 aliphatic carbocycles. The van der Waals surface area contributed by atoms with E-state index in [1.54, 1.807) is 11.8 Å². The molecule has 0 heterocycles. The van der Waals surface area contributed by atoms with Crippen molar-refractivity contribution in [1.29, 1.82) is 5.26 Å². The Morgan fingerprint density at radius 2 is 2.33 bits per heavy atom. The minimum absolute atomic E-state index is 0.0856. The molecule has 1 saturated carbocycles. The summed E-state index contributed by atoms with van der Waals surface area (Å²) in [4.78, 5) is 0. The fraction of sp³-hybridized carbons (Fsp3) is 0.700. The van der Waals surface area contributed by atoms with Crippen LogP contribution >= 0.6 is 11.8 Å². The van der Waals surface area contributed by atoms with Gasteiger partial charge in [-0.1, -0.05) is 12.2 Å². The molecule has 0 aromatic carbocycles. The van der Waals surface area contributed by atoms with E-state index in [1.807, 2.05) is 0 Å². The van der Waals surface area contributed by atoms with Crippen molar-refractivity contribution in [2.75, 3.05) is 6.26 Å². The molecule has 3 atom stereocenters. The van der Waals surface area contributed by atoms with Gasteiger partial charge in [0.1, 0.15) is 4.75 Å². The lowest BCUT2D eigenvalue weighted by Gasteiger charge is -2.42. The summed E-state index contributed by atoms with van der Waals surface area (Å²) in [6.07, 6.45) is 10.2. The van der Waals surface area contributed by atoms with Gasteiger partial charge in [0, 0.05) is 5.92 Å². The first-order valence-corrected chi connectivity index (χ1v) is 5.68. The molecule has 3 aliphatic rings. The van der Waals surface area contributed by atoms with Crippen LogP contribution < -0.4 is 0 Å². The molecule has 0 aromatic heterocycles. The van der Waals surface area contributed by atoms with Gasteiger partial charge in [-0.15, -0.1) is 11.8 Å². The third-order valence-corrected chi connectivity index (χ3v) is 4.47. The van der Waals surface area contributed by atoms with Crippen molar-refractivity contribution >= 4 is 11.8 Å². The van der Waals surface area contributed by atoms with Crippen LogP contribution in [0.4, 0.5) is 0 Å². The first-order chi connectivity index (χ1) is 5.80. The van der Waals surface area contributed by atoms with Crippen LogP contribution in [0.1, 0.15) is 19.3 Å². The van der Waals surface area contributed by atoms with Crippen LogP contribution in [-0.4, -0.2) is 11.0 Å². The molecule has 3 rings (SSSR count). The number of fused-ring (bicyclic) bond motifs is 2. The zero-order valence-corrected chi connectivity index (χ0v) is 8.10. The van der Waals surface area contributed by atoms with Crippen molar-refractivity contribution in [2.45, 2.75) is 24.0 Å². The Kier molecular flexibility index (Phi) is 1.92. The largest absolute Gasteiger partial charge is 0.197 e. The standard InChI is InChI=1S/C10H13NS/c1-12-10(7-11)6-8-2-4-9(10)5-3-8/h2,4,8-9H,3,5-6H2,1H3/t8-,9+,10-/m0/s1. The van der Waals surface area contributed by atoms with E-state index in [4.69, 9.17) is 5.26 Å². The molecule has 0 amide bonds. The summed E-state index contributed by atoms with van der Waals surface area (Å²) in [5.74, 6) is 1.20. The van der Waals surface area contributed by atoms with Crippen LogP contribution in [0.15, 0.2) is 12.2 Å². The molecule has 1 nitrogen and oxygen atoms in total. The van der Waals surface area contributed by atoms with Crippen LogP contribution in [0.5, 0.6) is 0 Å². The van der Waals surface area contributed by atoms with Gasteiger partial charge in [0.2, 0.25) is 0 Å². The fourth-order valence-corrected chi connectivity index (χ4v) is 3.36. The van der Waals surface area contributed by atoms with E-state index in [-0.39, 0.29) is 4.75 Å². The smallest absolute Gasteiger partial charge is 0.109 e. The maximum atomic E-state index is 9.16. The average molecular weight is 179 g/mol. The second-order valence-corrected chi connectivity index (χ2v) is 4.88. The van der Waals surface area contributed by atoms with Crippen LogP contribution in [0.25, 0.3) is 0 Å². The van der Waals surface area contributed by atoms with Gasteiger partial charge in [-0.2, -0.15) is 5.26 Å². The van der Waals surface area contributed by atoms with Gasteiger partial charge in [0.25, 0.3) is 0 Å². The van der Waals surface area contributed by atoms with Crippen LogP contribution in [0, 0.1) is 23.2 Å². The summed E-state index contributed by atoms with van der Waals surface area (Å²) in [6, 6.07) is 2.51. The molecule has 0 saturated heterocycles. The van der Waals surface area contributed by atoms with Crippen molar-refractivity contribution in [2.24, 2.45) is 11.8 Å². The molecular weight excluding hydrogens is 166 g/mol. The monoisotopic (exact) mass is 179 g/mol. The highest BCUT2D eigenvalue weighted by atomic mass is 32.2. The van der Waals surface area contributed by atoms with Crippen molar-refractivity contribution in [3.63, 3.8) is 0 Å². The van der Waals surface area contributed by atoms with Crippen molar-refractivity contribution in [3.8, 4) is 6.07 Å². The molecular formula is C10H13NS. The van der Waals surface area contributed by atoms with E-state index in [9.17, 15) is 0 Å². The zero-order chi connectivity index (χ0) is 8.60. The number of rotatable bonds is 1. The molecule has 0 aliphatic heterocycles. The minimum Gasteiger partial charge on any atom is -0.197 e. The first kappa shape index (κ1) is 8.19. The lowest BCUT2D eigenvalue weighted by molar-refractivity contribution is 0.296. The molecule has 2 bridgehead atoms. The average Bonchev–Trinajstić information content (AvgIpc) is 2.19. The van der Waals surface area contributed by atoms with Gasteiger partial charge < -0.3 is 0 Å². The summed E-state index contributed by atoms with van der Waals surface area (Å²) in [5, 5.41) is 9.16. The molecule has 12 heavy (non-hydrogen) atoms. The second-order valence-electron chi connectivity index (χ2n) is 3.74. The Labute approximate surface area is 77.8 Å². The number of hydrogen-bond donors (Lipinski definition) is 0. The van der Waals surface area contributed by atoms with Crippen molar-refractivity contribution in [3.05, 3.63) is 12.2 Å². The van der Waals surface area contributed by atoms with Crippen LogP contribution in [0.3, 0.4) is 0 Å². The molecule has 1 fully saturated rings. The highest BCUT2D eigenvalue weighted by molar-refractivity contribution is 8.00. The van der Waals surface area contributed by atoms with Gasteiger partial charge in [0.15, 0.2) is 0 Å². The highest BCUT2D eigenvalue weighted by Crippen LogP contribution is 2.49. The van der Waals surface area contributed by atoms with Gasteiger partial charge in [-0.05, 0) is 31.4 Å². The number of nitrogens with zero attached hydrogens (tertiary/aromatic N) is 1. The molecule has 0 unspecified atom stereocenters. The lowest BCUT2D eigenvalue weighted by Crippen LogP contribution is -2.40. The minimum atomic E-state index is -0.0856.